The second-order valence-corrected chi connectivity index (χ2v) is 5.95. The third kappa shape index (κ3) is 2.54. The van der Waals surface area contributed by atoms with Crippen LogP contribution < -0.4 is 5.32 Å². The smallest absolute Gasteiger partial charge is 0.0713 e. The van der Waals surface area contributed by atoms with Crippen LogP contribution in [0.5, 0.6) is 0 Å². The highest BCUT2D eigenvalue weighted by molar-refractivity contribution is 5.44. The largest absolute Gasteiger partial charge is 0.385 e. The zero-order valence-electron chi connectivity index (χ0n) is 11.2. The molecule has 18 heavy (non-hydrogen) atoms. The summed E-state index contributed by atoms with van der Waals surface area (Å²) < 4.78 is 5.12. The standard InChI is InChI=1S/C16H23NO/c1-18-11-12-3-6-16(7-4-12)17-10-15-9-13-2-5-14(15)8-13/h3-4,6-7,13-15,17H,2,5,8-11H2,1H3. The van der Waals surface area contributed by atoms with Crippen molar-refractivity contribution in [2.24, 2.45) is 17.8 Å². The monoisotopic (exact) mass is 245 g/mol. The maximum absolute atomic E-state index is 5.12. The Kier molecular flexibility index (Phi) is 3.55. The minimum atomic E-state index is 0.701. The molecule has 1 aromatic rings. The molecule has 0 amide bonds. The highest BCUT2D eigenvalue weighted by Gasteiger charge is 2.38. The van der Waals surface area contributed by atoms with E-state index in [1.165, 1.54) is 36.9 Å². The predicted octanol–water partition coefficient (Wildman–Crippen LogP) is 3.68. The Morgan fingerprint density at radius 1 is 1.17 bits per heavy atom. The molecule has 1 aromatic carbocycles. The molecular formula is C16H23NO. The van der Waals surface area contributed by atoms with Gasteiger partial charge in [-0.2, -0.15) is 0 Å². The highest BCUT2D eigenvalue weighted by atomic mass is 16.5. The Morgan fingerprint density at radius 3 is 2.61 bits per heavy atom. The fourth-order valence-electron chi connectivity index (χ4n) is 3.76. The van der Waals surface area contributed by atoms with Gasteiger partial charge in [-0.1, -0.05) is 18.6 Å². The van der Waals surface area contributed by atoms with E-state index < -0.39 is 0 Å². The summed E-state index contributed by atoms with van der Waals surface area (Å²) in [6.07, 6.45) is 5.93. The number of ether oxygens (including phenoxy) is 1. The fourth-order valence-corrected chi connectivity index (χ4v) is 3.76. The molecule has 3 rings (SSSR count). The molecule has 2 bridgehead atoms. The van der Waals surface area contributed by atoms with Crippen LogP contribution in [0.1, 0.15) is 31.2 Å². The number of hydrogen-bond donors (Lipinski definition) is 1. The predicted molar refractivity (Wildman–Crippen MR) is 74.6 cm³/mol. The van der Waals surface area contributed by atoms with Gasteiger partial charge in [0.25, 0.3) is 0 Å². The Bertz CT molecular complexity index is 387. The minimum Gasteiger partial charge on any atom is -0.385 e. The summed E-state index contributed by atoms with van der Waals surface area (Å²) in [6.45, 7) is 1.86. The van der Waals surface area contributed by atoms with Crippen LogP contribution in [0.15, 0.2) is 24.3 Å². The van der Waals surface area contributed by atoms with Crippen LogP contribution in [0.2, 0.25) is 0 Å². The first-order chi connectivity index (χ1) is 8.85. The van der Waals surface area contributed by atoms with Crippen molar-refractivity contribution in [3.8, 4) is 0 Å². The lowest BCUT2D eigenvalue weighted by Crippen LogP contribution is -2.20. The van der Waals surface area contributed by atoms with Gasteiger partial charge in [0.05, 0.1) is 6.61 Å². The second-order valence-electron chi connectivity index (χ2n) is 5.95. The van der Waals surface area contributed by atoms with E-state index in [4.69, 9.17) is 4.74 Å². The molecule has 1 N–H and O–H groups in total. The van der Waals surface area contributed by atoms with E-state index in [9.17, 15) is 0 Å². The van der Waals surface area contributed by atoms with Gasteiger partial charge in [0.2, 0.25) is 0 Å². The van der Waals surface area contributed by atoms with Gasteiger partial charge in [0.1, 0.15) is 0 Å². The first-order valence-electron chi connectivity index (χ1n) is 7.17. The van der Waals surface area contributed by atoms with Gasteiger partial charge in [0, 0.05) is 19.3 Å². The van der Waals surface area contributed by atoms with Crippen molar-refractivity contribution >= 4 is 5.69 Å². The van der Waals surface area contributed by atoms with E-state index in [0.29, 0.717) is 6.61 Å². The lowest BCUT2D eigenvalue weighted by Gasteiger charge is -2.22. The van der Waals surface area contributed by atoms with Crippen LogP contribution in [-0.2, 0) is 11.3 Å². The maximum atomic E-state index is 5.12. The van der Waals surface area contributed by atoms with Crippen molar-refractivity contribution < 1.29 is 4.74 Å². The Morgan fingerprint density at radius 2 is 2.00 bits per heavy atom. The van der Waals surface area contributed by atoms with Crippen molar-refractivity contribution in [1.29, 1.82) is 0 Å². The summed E-state index contributed by atoms with van der Waals surface area (Å²) in [5, 5.41) is 3.60. The van der Waals surface area contributed by atoms with Gasteiger partial charge >= 0.3 is 0 Å². The molecule has 0 aromatic heterocycles. The first kappa shape index (κ1) is 12.0. The Hall–Kier alpha value is -1.02. The molecule has 2 saturated carbocycles. The minimum absolute atomic E-state index is 0.701. The van der Waals surface area contributed by atoms with Crippen molar-refractivity contribution in [1.82, 2.24) is 0 Å². The molecule has 2 aliphatic carbocycles. The van der Waals surface area contributed by atoms with Crippen LogP contribution in [0.3, 0.4) is 0 Å². The van der Waals surface area contributed by atoms with Crippen LogP contribution >= 0.6 is 0 Å². The molecule has 3 unspecified atom stereocenters. The molecule has 2 fully saturated rings. The van der Waals surface area contributed by atoms with Gasteiger partial charge in [-0.3, -0.25) is 0 Å². The lowest BCUT2D eigenvalue weighted by molar-refractivity contribution is 0.185. The molecule has 2 aliphatic rings. The Labute approximate surface area is 110 Å². The topological polar surface area (TPSA) is 21.3 Å². The summed E-state index contributed by atoms with van der Waals surface area (Å²) in [5.41, 5.74) is 2.49. The number of anilines is 1. The van der Waals surface area contributed by atoms with Crippen LogP contribution in [0.25, 0.3) is 0 Å². The number of benzene rings is 1. The van der Waals surface area contributed by atoms with Gasteiger partial charge in [-0.25, -0.2) is 0 Å². The van der Waals surface area contributed by atoms with Gasteiger partial charge < -0.3 is 10.1 Å². The molecule has 0 spiro atoms. The molecule has 0 aliphatic heterocycles. The van der Waals surface area contributed by atoms with E-state index in [1.54, 1.807) is 7.11 Å². The quantitative estimate of drug-likeness (QED) is 0.854. The molecular weight excluding hydrogens is 222 g/mol. The zero-order chi connectivity index (χ0) is 12.4. The van der Waals surface area contributed by atoms with E-state index in [2.05, 4.69) is 29.6 Å². The highest BCUT2D eigenvalue weighted by Crippen LogP contribution is 2.48. The third-order valence-corrected chi connectivity index (χ3v) is 4.72. The summed E-state index contributed by atoms with van der Waals surface area (Å²) in [5.74, 6) is 2.98. The zero-order valence-corrected chi connectivity index (χ0v) is 11.2. The molecule has 3 atom stereocenters. The van der Waals surface area contributed by atoms with Crippen LogP contribution in [-0.4, -0.2) is 13.7 Å². The lowest BCUT2D eigenvalue weighted by atomic mass is 9.89. The molecule has 2 heteroatoms. The summed E-state index contributed by atoms with van der Waals surface area (Å²) in [6, 6.07) is 8.63. The first-order valence-corrected chi connectivity index (χ1v) is 7.17. The summed E-state index contributed by atoms with van der Waals surface area (Å²) in [4.78, 5) is 0. The SMILES string of the molecule is COCc1ccc(NCC2CC3CCC2C3)cc1. The molecule has 0 saturated heterocycles. The van der Waals surface area contributed by atoms with E-state index in [1.807, 2.05) is 0 Å². The average molecular weight is 245 g/mol. The van der Waals surface area contributed by atoms with Crippen LogP contribution in [0.4, 0.5) is 5.69 Å². The second kappa shape index (κ2) is 5.31. The number of nitrogens with one attached hydrogen (secondary N) is 1. The fraction of sp³-hybridized carbons (Fsp3) is 0.625. The van der Waals surface area contributed by atoms with E-state index in [-0.39, 0.29) is 0 Å². The van der Waals surface area contributed by atoms with Crippen molar-refractivity contribution in [3.63, 3.8) is 0 Å². The number of rotatable bonds is 5. The van der Waals surface area contributed by atoms with Crippen LogP contribution in [0, 0.1) is 17.8 Å². The van der Waals surface area contributed by atoms with Crippen molar-refractivity contribution in [3.05, 3.63) is 29.8 Å². The average Bonchev–Trinajstić information content (AvgIpc) is 3.00. The molecule has 2 nitrogen and oxygen atoms in total. The third-order valence-electron chi connectivity index (χ3n) is 4.72. The van der Waals surface area contributed by atoms with E-state index >= 15 is 0 Å². The molecule has 98 valence electrons. The number of hydrogen-bond acceptors (Lipinski definition) is 2. The van der Waals surface area contributed by atoms with Crippen molar-refractivity contribution in [2.45, 2.75) is 32.3 Å². The number of fused-ring (bicyclic) bond motifs is 2. The summed E-state index contributed by atoms with van der Waals surface area (Å²) in [7, 11) is 1.74. The number of methoxy groups -OCH3 is 1. The molecule has 0 radical (unpaired) electrons. The van der Waals surface area contributed by atoms with E-state index in [0.717, 1.165) is 24.3 Å². The van der Waals surface area contributed by atoms with Gasteiger partial charge in [-0.15, -0.1) is 0 Å². The Balaban J connectivity index is 1.50. The van der Waals surface area contributed by atoms with Crippen molar-refractivity contribution in [2.75, 3.05) is 19.0 Å². The normalized spacial score (nSPS) is 29.7. The maximum Gasteiger partial charge on any atom is 0.0713 e. The van der Waals surface area contributed by atoms with Gasteiger partial charge in [-0.05, 0) is 54.7 Å². The molecule has 0 heterocycles. The summed E-state index contributed by atoms with van der Waals surface area (Å²) >= 11 is 0. The van der Waals surface area contributed by atoms with Gasteiger partial charge in [0.15, 0.2) is 0 Å².